The monoisotopic (exact) mass is 662 g/mol. The van der Waals surface area contributed by atoms with Gasteiger partial charge in [-0.3, -0.25) is 9.13 Å². The first-order chi connectivity index (χ1) is 14.7. The van der Waals surface area contributed by atoms with E-state index < -0.39 is 67.9 Å². The second-order valence-electron chi connectivity index (χ2n) is 6.83. The molecule has 0 fully saturated rings. The van der Waals surface area contributed by atoms with Crippen molar-refractivity contribution >= 4 is 56.9 Å². The zero-order chi connectivity index (χ0) is 25.6. The summed E-state index contributed by atoms with van der Waals surface area (Å²) in [4.78, 5) is 35.3. The fraction of sp³-hybridized carbons (Fsp3) is 0.250. The van der Waals surface area contributed by atoms with Gasteiger partial charge in [0.25, 0.3) is 0 Å². The number of benzene rings is 2. The number of hydrogen-bond donors (Lipinski definition) is 4. The van der Waals surface area contributed by atoms with Crippen molar-refractivity contribution in [2.75, 3.05) is 0 Å². The van der Waals surface area contributed by atoms with Crippen molar-refractivity contribution in [2.45, 2.75) is 22.8 Å². The summed E-state index contributed by atoms with van der Waals surface area (Å²) in [7, 11) is -15.7. The van der Waals surface area contributed by atoms with E-state index in [1.54, 1.807) is 0 Å². The van der Waals surface area contributed by atoms with Gasteiger partial charge >= 0.3 is 26.5 Å². The van der Waals surface area contributed by atoms with Crippen LogP contribution in [-0.2, 0) is 41.8 Å². The average molecular weight is 664 g/mol. The van der Waals surface area contributed by atoms with Crippen LogP contribution in [0, 0.1) is 0 Å². The van der Waals surface area contributed by atoms with E-state index >= 15 is 0 Å². The van der Waals surface area contributed by atoms with Crippen LogP contribution in [0.25, 0.3) is 0 Å². The first-order valence-electron chi connectivity index (χ1n) is 8.34. The Bertz CT molecular complexity index is 1190. The van der Waals surface area contributed by atoms with Crippen LogP contribution in [0.3, 0.4) is 0 Å². The molecule has 0 saturated carbocycles. The van der Waals surface area contributed by atoms with Gasteiger partial charge in [-0.25, -0.2) is 8.42 Å². The molecule has 0 amide bonds. The highest BCUT2D eigenvalue weighted by atomic mass is 79.9. The molecule has 0 aliphatic carbocycles. The number of hydrogen-bond acceptors (Lipinski definition) is 4. The lowest BCUT2D eigenvalue weighted by Gasteiger charge is -2.20. The summed E-state index contributed by atoms with van der Waals surface area (Å²) < 4.78 is 102. The van der Waals surface area contributed by atoms with E-state index in [1.807, 2.05) is 0 Å². The molecule has 0 aromatic heterocycles. The van der Waals surface area contributed by atoms with Crippen molar-refractivity contribution < 1.29 is 54.7 Å². The van der Waals surface area contributed by atoms with Crippen LogP contribution in [-0.4, -0.2) is 28.0 Å². The number of alkyl halides is 4. The van der Waals surface area contributed by atoms with Crippen LogP contribution in [0.5, 0.6) is 0 Å². The van der Waals surface area contributed by atoms with E-state index in [0.717, 1.165) is 24.3 Å². The van der Waals surface area contributed by atoms with Gasteiger partial charge in [0.15, 0.2) is 9.84 Å². The van der Waals surface area contributed by atoms with E-state index in [1.165, 1.54) is 0 Å². The molecule has 8 nitrogen and oxygen atoms in total. The summed E-state index contributed by atoms with van der Waals surface area (Å²) in [6.45, 7) is 0. The van der Waals surface area contributed by atoms with Crippen LogP contribution in [0.15, 0.2) is 45.3 Å². The third-order valence-electron chi connectivity index (χ3n) is 4.22. The van der Waals surface area contributed by atoms with Gasteiger partial charge in [0.05, 0.1) is 11.5 Å². The molecule has 0 spiro atoms. The molecule has 33 heavy (non-hydrogen) atoms. The molecule has 0 aliphatic rings. The Kier molecular flexibility index (Phi) is 8.18. The molecular formula is C16H14Br2F4O8P2S. The Labute approximate surface area is 201 Å². The van der Waals surface area contributed by atoms with Crippen molar-refractivity contribution in [3.8, 4) is 0 Å². The maximum absolute atomic E-state index is 13.9. The van der Waals surface area contributed by atoms with E-state index in [0.29, 0.717) is 12.1 Å². The molecule has 0 heterocycles. The molecule has 17 heteroatoms. The lowest BCUT2D eigenvalue weighted by Crippen LogP contribution is -2.15. The van der Waals surface area contributed by atoms with Gasteiger partial charge in [0, 0.05) is 20.1 Å². The lowest BCUT2D eigenvalue weighted by atomic mass is 10.1. The standard InChI is InChI=1S/C16H14Br2F4O8P2S/c17-13-5-9(1-3-11(13)15(19,20)31(23,24)25)7-33(29,30)8-10-2-4-12(14(18)6-10)16(21,22)32(26,27)28/h1-6H,7-8H2,(H2,23,24,25)(H2,26,27,28). The van der Waals surface area contributed by atoms with Gasteiger partial charge in [-0.05, 0) is 23.3 Å². The number of rotatable bonds is 8. The Morgan fingerprint density at radius 3 is 1.27 bits per heavy atom. The molecule has 0 bridgehead atoms. The zero-order valence-corrected chi connectivity index (χ0v) is 21.6. The van der Waals surface area contributed by atoms with E-state index in [-0.39, 0.29) is 11.1 Å². The minimum atomic E-state index is -5.84. The predicted octanol–water partition coefficient (Wildman–Crippen LogP) is 4.78. The van der Waals surface area contributed by atoms with Crippen LogP contribution < -0.4 is 0 Å². The normalized spacial score (nSPS) is 13.9. The molecule has 0 saturated heterocycles. The Hall–Kier alpha value is -0.630. The van der Waals surface area contributed by atoms with Gasteiger partial charge < -0.3 is 19.6 Å². The highest BCUT2D eigenvalue weighted by Crippen LogP contribution is 2.61. The molecule has 2 aromatic carbocycles. The topological polar surface area (TPSA) is 149 Å². The highest BCUT2D eigenvalue weighted by molar-refractivity contribution is 9.10. The summed E-state index contributed by atoms with van der Waals surface area (Å²) in [6.07, 6.45) is 0. The summed E-state index contributed by atoms with van der Waals surface area (Å²) in [5.41, 5.74) is -11.1. The molecular weight excluding hydrogens is 650 g/mol. The van der Waals surface area contributed by atoms with Crippen molar-refractivity contribution in [3.63, 3.8) is 0 Å². The number of halogens is 6. The van der Waals surface area contributed by atoms with Gasteiger partial charge in [-0.15, -0.1) is 0 Å². The fourth-order valence-electron chi connectivity index (χ4n) is 2.66. The second kappa shape index (κ2) is 9.44. The quantitative estimate of drug-likeness (QED) is 0.233. The van der Waals surface area contributed by atoms with Crippen molar-refractivity contribution in [2.24, 2.45) is 0 Å². The average Bonchev–Trinajstić information content (AvgIpc) is 2.58. The molecule has 2 rings (SSSR count). The Balaban J connectivity index is 2.28. The van der Waals surface area contributed by atoms with Crippen LogP contribution in [0.2, 0.25) is 0 Å². The van der Waals surface area contributed by atoms with Gasteiger partial charge in [-0.1, -0.05) is 56.1 Å². The minimum Gasteiger partial charge on any atom is -0.320 e. The zero-order valence-electron chi connectivity index (χ0n) is 15.9. The van der Waals surface area contributed by atoms with Gasteiger partial charge in [0.2, 0.25) is 0 Å². The summed E-state index contributed by atoms with van der Waals surface area (Å²) in [6, 6.07) is 5.14. The Morgan fingerprint density at radius 1 is 0.727 bits per heavy atom. The van der Waals surface area contributed by atoms with E-state index in [9.17, 15) is 35.1 Å². The summed E-state index contributed by atoms with van der Waals surface area (Å²) in [5.74, 6) is -1.38. The molecule has 2 aromatic rings. The first-order valence-corrected chi connectivity index (χ1v) is 15.0. The smallest absolute Gasteiger partial charge is 0.320 e. The summed E-state index contributed by atoms with van der Waals surface area (Å²) in [5, 5.41) is 0. The number of sulfone groups is 1. The first kappa shape index (κ1) is 28.6. The van der Waals surface area contributed by atoms with E-state index in [2.05, 4.69) is 31.9 Å². The van der Waals surface area contributed by atoms with Crippen LogP contribution in [0.1, 0.15) is 22.3 Å². The maximum atomic E-state index is 13.9. The van der Waals surface area contributed by atoms with Crippen LogP contribution in [0.4, 0.5) is 17.6 Å². The van der Waals surface area contributed by atoms with E-state index in [4.69, 9.17) is 19.6 Å². The molecule has 0 unspecified atom stereocenters. The van der Waals surface area contributed by atoms with Crippen molar-refractivity contribution in [3.05, 3.63) is 67.6 Å². The van der Waals surface area contributed by atoms with Gasteiger partial charge in [-0.2, -0.15) is 17.6 Å². The predicted molar refractivity (Wildman–Crippen MR) is 116 cm³/mol. The van der Waals surface area contributed by atoms with Crippen molar-refractivity contribution in [1.82, 2.24) is 0 Å². The highest BCUT2D eigenvalue weighted by Gasteiger charge is 2.52. The molecule has 0 radical (unpaired) electrons. The molecule has 0 atom stereocenters. The third-order valence-corrected chi connectivity index (χ3v) is 9.02. The lowest BCUT2D eigenvalue weighted by molar-refractivity contribution is 0.0557. The third kappa shape index (κ3) is 6.33. The second-order valence-corrected chi connectivity index (χ2v) is 13.9. The maximum Gasteiger partial charge on any atom is 0.399 e. The van der Waals surface area contributed by atoms with Crippen molar-refractivity contribution in [1.29, 1.82) is 0 Å². The van der Waals surface area contributed by atoms with Crippen LogP contribution >= 0.6 is 47.1 Å². The molecule has 184 valence electrons. The SMILES string of the molecule is O=P(O)(O)C(F)(F)c1ccc(CS(=O)(=O)Cc2ccc(C(F)(F)P(=O)(O)O)c(Br)c2)cc1Br. The van der Waals surface area contributed by atoms with Gasteiger partial charge in [0.1, 0.15) is 0 Å². The fourth-order valence-corrected chi connectivity index (χ4v) is 6.81. The largest absolute Gasteiger partial charge is 0.399 e. The molecule has 0 aliphatic heterocycles. The Morgan fingerprint density at radius 2 is 1.03 bits per heavy atom. The summed E-state index contributed by atoms with van der Waals surface area (Å²) >= 11 is 5.49. The minimum absolute atomic E-state index is 0.00384. The molecule has 4 N–H and O–H groups in total.